The Morgan fingerprint density at radius 3 is 2.90 bits per heavy atom. The summed E-state index contributed by atoms with van der Waals surface area (Å²) < 4.78 is 5.46. The number of rotatable bonds is 0. The summed E-state index contributed by atoms with van der Waals surface area (Å²) in [5, 5.41) is 0.983. The van der Waals surface area contributed by atoms with Gasteiger partial charge in [0, 0.05) is 21.6 Å². The molecule has 4 rings (SSSR count). The number of esters is 1. The van der Waals surface area contributed by atoms with E-state index in [4.69, 9.17) is 4.74 Å². The first-order chi connectivity index (χ1) is 9.65. The minimum atomic E-state index is -0.228. The third-order valence-electron chi connectivity index (χ3n) is 3.83. The number of carbonyl (C=O) groups excluding carboxylic acids is 1. The average molecular weight is 305 g/mol. The lowest BCUT2D eigenvalue weighted by molar-refractivity contribution is -0.140. The van der Waals surface area contributed by atoms with Crippen LogP contribution < -0.4 is 9.61 Å². The molecule has 0 aliphatic carbocycles. The van der Waals surface area contributed by atoms with E-state index in [2.05, 4.69) is 4.98 Å². The monoisotopic (exact) mass is 305 g/mol. The Morgan fingerprint density at radius 2 is 2.05 bits per heavy atom. The van der Waals surface area contributed by atoms with E-state index in [0.29, 0.717) is 5.75 Å². The van der Waals surface area contributed by atoms with Gasteiger partial charge < -0.3 is 9.72 Å². The zero-order chi connectivity index (χ0) is 13.9. The highest BCUT2D eigenvalue weighted by Gasteiger charge is 2.47. The summed E-state index contributed by atoms with van der Waals surface area (Å²) in [4.78, 5) is 27.7. The van der Waals surface area contributed by atoms with Gasteiger partial charge in [0.2, 0.25) is 0 Å². The van der Waals surface area contributed by atoms with E-state index in [-0.39, 0.29) is 27.9 Å². The molecule has 3 heterocycles. The summed E-state index contributed by atoms with van der Waals surface area (Å²) in [5.41, 5.74) is 1.00. The van der Waals surface area contributed by atoms with Gasteiger partial charge in [0.15, 0.2) is 0 Å². The molecular formula is C14H11NO3S2. The van der Waals surface area contributed by atoms with Crippen molar-refractivity contribution < 1.29 is 9.53 Å². The van der Waals surface area contributed by atoms with Crippen molar-refractivity contribution in [2.75, 3.05) is 0 Å². The van der Waals surface area contributed by atoms with Crippen LogP contribution >= 0.6 is 23.1 Å². The lowest BCUT2D eigenvalue weighted by atomic mass is 9.80. The van der Waals surface area contributed by atoms with Gasteiger partial charge in [-0.05, 0) is 6.07 Å². The van der Waals surface area contributed by atoms with Gasteiger partial charge in [0.05, 0.1) is 10.9 Å². The average Bonchev–Trinajstić information content (AvgIpc) is 2.78. The lowest BCUT2D eigenvalue weighted by Gasteiger charge is -2.37. The molecule has 2 aliphatic heterocycles. The van der Waals surface area contributed by atoms with Gasteiger partial charge in [0.25, 0.3) is 0 Å². The van der Waals surface area contributed by atoms with Crippen molar-refractivity contribution in [1.82, 2.24) is 4.98 Å². The Balaban J connectivity index is 1.99. The third kappa shape index (κ3) is 1.61. The van der Waals surface area contributed by atoms with Gasteiger partial charge in [-0.15, -0.1) is 11.8 Å². The smallest absolute Gasteiger partial charge is 0.316 e. The van der Waals surface area contributed by atoms with Crippen LogP contribution in [-0.2, 0) is 4.79 Å². The number of aromatic amines is 1. The molecule has 1 aromatic heterocycles. The van der Waals surface area contributed by atoms with E-state index in [0.717, 1.165) is 15.5 Å². The Morgan fingerprint density at radius 1 is 1.25 bits per heavy atom. The van der Waals surface area contributed by atoms with Crippen molar-refractivity contribution in [1.29, 1.82) is 0 Å². The molecule has 0 bridgehead atoms. The SMILES string of the molecule is C[C@@H]1Sc2[nH]c(=O)sc2[C@H]2c3ccccc3OC(=O)[C@H]21. The number of H-pyrrole nitrogens is 1. The first kappa shape index (κ1) is 12.2. The summed E-state index contributed by atoms with van der Waals surface area (Å²) in [6.45, 7) is 2.01. The number of aromatic nitrogens is 1. The van der Waals surface area contributed by atoms with Crippen molar-refractivity contribution in [2.45, 2.75) is 23.1 Å². The summed E-state index contributed by atoms with van der Waals surface area (Å²) in [6, 6.07) is 7.59. The predicted octanol–water partition coefficient (Wildman–Crippen LogP) is 2.60. The highest BCUT2D eigenvalue weighted by molar-refractivity contribution is 8.00. The molecule has 2 aromatic rings. The van der Waals surface area contributed by atoms with Gasteiger partial charge in [-0.1, -0.05) is 36.5 Å². The maximum atomic E-state index is 12.3. The van der Waals surface area contributed by atoms with Crippen molar-refractivity contribution in [3.05, 3.63) is 44.4 Å². The molecule has 20 heavy (non-hydrogen) atoms. The second-order valence-corrected chi connectivity index (χ2v) is 7.40. The highest BCUT2D eigenvalue weighted by Crippen LogP contribution is 2.53. The van der Waals surface area contributed by atoms with Crippen LogP contribution in [0, 0.1) is 5.92 Å². The normalized spacial score (nSPS) is 27.2. The Bertz CT molecular complexity index is 764. The quantitative estimate of drug-likeness (QED) is 0.600. The standard InChI is InChI=1S/C14H11NO3S2/c1-6-9-10(11-12(19-6)15-14(17)20-11)7-4-2-3-5-8(7)18-13(9)16/h2-6,9-10H,1H3,(H,15,17)/t6-,9-,10-/m0/s1. The molecule has 1 N–H and O–H groups in total. The Hall–Kier alpha value is -1.53. The summed E-state index contributed by atoms with van der Waals surface area (Å²) >= 11 is 2.75. The number of thiazole rings is 1. The first-order valence-electron chi connectivity index (χ1n) is 6.35. The maximum absolute atomic E-state index is 12.3. The van der Waals surface area contributed by atoms with Gasteiger partial charge in [-0.2, -0.15) is 0 Å². The maximum Gasteiger partial charge on any atom is 0.316 e. The van der Waals surface area contributed by atoms with E-state index < -0.39 is 0 Å². The Kier molecular flexibility index (Phi) is 2.59. The van der Waals surface area contributed by atoms with Gasteiger partial charge >= 0.3 is 10.8 Å². The van der Waals surface area contributed by atoms with Crippen molar-refractivity contribution in [3.8, 4) is 5.75 Å². The van der Waals surface area contributed by atoms with Crippen molar-refractivity contribution in [3.63, 3.8) is 0 Å². The molecule has 0 radical (unpaired) electrons. The third-order valence-corrected chi connectivity index (χ3v) is 6.15. The Labute approximate surface area is 123 Å². The molecule has 102 valence electrons. The molecule has 1 aromatic carbocycles. The van der Waals surface area contributed by atoms with Crippen LogP contribution in [0.1, 0.15) is 23.3 Å². The fourth-order valence-electron chi connectivity index (χ4n) is 2.98. The molecule has 0 saturated heterocycles. The lowest BCUT2D eigenvalue weighted by Crippen LogP contribution is -2.39. The molecule has 3 atom stereocenters. The highest BCUT2D eigenvalue weighted by atomic mass is 32.2. The summed E-state index contributed by atoms with van der Waals surface area (Å²) in [5.74, 6) is 0.126. The second-order valence-electron chi connectivity index (χ2n) is 4.99. The zero-order valence-corrected chi connectivity index (χ0v) is 12.2. The van der Waals surface area contributed by atoms with E-state index in [1.807, 2.05) is 31.2 Å². The number of carbonyl (C=O) groups is 1. The molecule has 0 spiro atoms. The van der Waals surface area contributed by atoms with Gasteiger partial charge in [-0.3, -0.25) is 9.59 Å². The number of hydrogen-bond donors (Lipinski definition) is 1. The van der Waals surface area contributed by atoms with Crippen LogP contribution in [0.25, 0.3) is 0 Å². The molecule has 0 saturated carbocycles. The number of nitrogens with one attached hydrogen (secondary N) is 1. The molecular weight excluding hydrogens is 294 g/mol. The molecule has 0 unspecified atom stereocenters. The molecule has 2 aliphatic rings. The van der Waals surface area contributed by atoms with E-state index in [1.165, 1.54) is 11.3 Å². The van der Waals surface area contributed by atoms with Crippen LogP contribution in [0.4, 0.5) is 0 Å². The second kappa shape index (κ2) is 4.23. The van der Waals surface area contributed by atoms with Gasteiger partial charge in [0.1, 0.15) is 5.75 Å². The molecule has 4 nitrogen and oxygen atoms in total. The minimum Gasteiger partial charge on any atom is -0.426 e. The van der Waals surface area contributed by atoms with Crippen molar-refractivity contribution >= 4 is 29.1 Å². The van der Waals surface area contributed by atoms with E-state index >= 15 is 0 Å². The first-order valence-corrected chi connectivity index (χ1v) is 8.05. The van der Waals surface area contributed by atoms with Gasteiger partial charge in [-0.25, -0.2) is 0 Å². The number of ether oxygens (including phenoxy) is 1. The summed E-state index contributed by atoms with van der Waals surface area (Å²) in [6.07, 6.45) is 0. The topological polar surface area (TPSA) is 59.2 Å². The van der Waals surface area contributed by atoms with Crippen LogP contribution in [0.3, 0.4) is 0 Å². The predicted molar refractivity (Wildman–Crippen MR) is 77.7 cm³/mol. The summed E-state index contributed by atoms with van der Waals surface area (Å²) in [7, 11) is 0. The molecule has 0 amide bonds. The fourth-order valence-corrected chi connectivity index (χ4v) is 5.39. The largest absolute Gasteiger partial charge is 0.426 e. The molecule has 6 heteroatoms. The number of hydrogen-bond acceptors (Lipinski definition) is 5. The minimum absolute atomic E-state index is 0.0632. The van der Waals surface area contributed by atoms with E-state index in [9.17, 15) is 9.59 Å². The molecule has 0 fully saturated rings. The van der Waals surface area contributed by atoms with Crippen LogP contribution in [-0.4, -0.2) is 16.2 Å². The number of para-hydroxylation sites is 1. The van der Waals surface area contributed by atoms with E-state index in [1.54, 1.807) is 11.8 Å². The van der Waals surface area contributed by atoms with Crippen molar-refractivity contribution in [2.24, 2.45) is 5.92 Å². The van der Waals surface area contributed by atoms with Crippen LogP contribution in [0.15, 0.2) is 34.1 Å². The zero-order valence-electron chi connectivity index (χ0n) is 10.6. The number of benzene rings is 1. The van der Waals surface area contributed by atoms with Crippen LogP contribution in [0.5, 0.6) is 5.75 Å². The van der Waals surface area contributed by atoms with Crippen LogP contribution in [0.2, 0.25) is 0 Å². The fraction of sp³-hybridized carbons (Fsp3) is 0.286. The number of fused-ring (bicyclic) bond motifs is 5. The number of thioether (sulfide) groups is 1.